The number of hydrogen-bond acceptors (Lipinski definition) is 4. The van der Waals surface area contributed by atoms with Crippen LogP contribution >= 0.6 is 23.2 Å². The van der Waals surface area contributed by atoms with Crippen LogP contribution in [0.5, 0.6) is 0 Å². The molecule has 0 aliphatic carbocycles. The number of nitrogens with two attached hydrogens (primary N) is 1. The van der Waals surface area contributed by atoms with E-state index in [-0.39, 0.29) is 28.3 Å². The summed E-state index contributed by atoms with van der Waals surface area (Å²) in [6, 6.07) is 9.73. The van der Waals surface area contributed by atoms with Gasteiger partial charge in [-0.1, -0.05) is 35.3 Å². The second-order valence-electron chi connectivity index (χ2n) is 7.49. The molecule has 166 valence electrons. The molecule has 0 spiro atoms. The van der Waals surface area contributed by atoms with Gasteiger partial charge in [-0.05, 0) is 49.6 Å². The summed E-state index contributed by atoms with van der Waals surface area (Å²) >= 11 is 12.3. The second kappa shape index (κ2) is 9.56. The summed E-state index contributed by atoms with van der Waals surface area (Å²) in [5.41, 5.74) is 7.07. The SMILES string of the molecule is Cc1c(NC(=O)C2CCCN(S(=O)(=O)Cc3c(Cl)cccc3Cl)C2)cccc1C(N)=O. The number of nitrogens with zero attached hydrogens (tertiary/aromatic N) is 1. The van der Waals surface area contributed by atoms with Gasteiger partial charge < -0.3 is 11.1 Å². The van der Waals surface area contributed by atoms with E-state index in [1.165, 1.54) is 4.31 Å². The molecular weight excluding hydrogens is 461 g/mol. The monoisotopic (exact) mass is 483 g/mol. The molecule has 2 amide bonds. The summed E-state index contributed by atoms with van der Waals surface area (Å²) in [5, 5.41) is 3.37. The predicted octanol–water partition coefficient (Wildman–Crippen LogP) is 3.58. The number of carbonyl (C=O) groups excluding carboxylic acids is 2. The van der Waals surface area contributed by atoms with E-state index in [0.717, 1.165) is 0 Å². The number of anilines is 1. The van der Waals surface area contributed by atoms with E-state index in [4.69, 9.17) is 28.9 Å². The van der Waals surface area contributed by atoms with E-state index in [9.17, 15) is 18.0 Å². The van der Waals surface area contributed by atoms with E-state index in [1.807, 2.05) is 0 Å². The third kappa shape index (κ3) is 5.38. The fraction of sp³-hybridized carbons (Fsp3) is 0.333. The Balaban J connectivity index is 1.73. The standard InChI is InChI=1S/C21H23Cl2N3O4S/c1-13-15(20(24)27)6-2-9-19(13)25-21(28)14-5-4-10-26(11-14)31(29,30)12-16-17(22)7-3-8-18(16)23/h2-3,6-9,14H,4-5,10-12H2,1H3,(H2,24,27)(H,25,28). The van der Waals surface area contributed by atoms with Crippen LogP contribution in [0.15, 0.2) is 36.4 Å². The molecule has 1 atom stereocenters. The zero-order valence-electron chi connectivity index (χ0n) is 16.9. The predicted molar refractivity (Wildman–Crippen MR) is 122 cm³/mol. The van der Waals surface area contributed by atoms with E-state index in [1.54, 1.807) is 43.3 Å². The van der Waals surface area contributed by atoms with Gasteiger partial charge in [0.05, 0.1) is 11.7 Å². The van der Waals surface area contributed by atoms with Gasteiger partial charge in [0, 0.05) is 39.9 Å². The maximum Gasteiger partial charge on any atom is 0.249 e. The van der Waals surface area contributed by atoms with Gasteiger partial charge in [0.25, 0.3) is 0 Å². The Labute approximate surface area is 191 Å². The number of benzene rings is 2. The lowest BCUT2D eigenvalue weighted by atomic mass is 9.98. The Bertz CT molecular complexity index is 1100. The van der Waals surface area contributed by atoms with E-state index >= 15 is 0 Å². The minimum atomic E-state index is -3.72. The summed E-state index contributed by atoms with van der Waals surface area (Å²) < 4.78 is 27.3. The number of hydrogen-bond donors (Lipinski definition) is 2. The molecule has 1 heterocycles. The first-order chi connectivity index (χ1) is 14.6. The van der Waals surface area contributed by atoms with Gasteiger partial charge in [0.1, 0.15) is 0 Å². The van der Waals surface area contributed by atoms with Gasteiger partial charge >= 0.3 is 0 Å². The van der Waals surface area contributed by atoms with Crippen LogP contribution < -0.4 is 11.1 Å². The zero-order chi connectivity index (χ0) is 22.8. The number of rotatable bonds is 6. The van der Waals surface area contributed by atoms with Crippen molar-refractivity contribution >= 4 is 50.7 Å². The molecule has 0 saturated carbocycles. The molecule has 1 fully saturated rings. The first kappa shape index (κ1) is 23.5. The van der Waals surface area contributed by atoms with Gasteiger partial charge in [-0.15, -0.1) is 0 Å². The smallest absolute Gasteiger partial charge is 0.249 e. The molecule has 2 aromatic rings. The Hall–Kier alpha value is -2.13. The van der Waals surface area contributed by atoms with E-state index in [2.05, 4.69) is 5.32 Å². The minimum Gasteiger partial charge on any atom is -0.366 e. The minimum absolute atomic E-state index is 0.0603. The number of sulfonamides is 1. The summed E-state index contributed by atoms with van der Waals surface area (Å²) in [6.45, 7) is 2.08. The maximum absolute atomic E-state index is 13.0. The molecular formula is C21H23Cl2N3O4S. The van der Waals surface area contributed by atoms with Crippen LogP contribution in [0.2, 0.25) is 10.0 Å². The van der Waals surface area contributed by atoms with E-state index < -0.39 is 21.8 Å². The Morgan fingerprint density at radius 2 is 1.81 bits per heavy atom. The first-order valence-corrected chi connectivity index (χ1v) is 12.1. The largest absolute Gasteiger partial charge is 0.366 e. The van der Waals surface area contributed by atoms with Gasteiger partial charge in [0.15, 0.2) is 0 Å². The number of piperidine rings is 1. The number of nitrogens with one attached hydrogen (secondary N) is 1. The molecule has 1 aliphatic rings. The summed E-state index contributed by atoms with van der Waals surface area (Å²) in [7, 11) is -3.72. The number of carbonyl (C=O) groups is 2. The molecule has 1 saturated heterocycles. The molecule has 0 radical (unpaired) electrons. The highest BCUT2D eigenvalue weighted by atomic mass is 35.5. The molecule has 10 heteroatoms. The lowest BCUT2D eigenvalue weighted by Crippen LogP contribution is -2.44. The van der Waals surface area contributed by atoms with Crippen molar-refractivity contribution in [1.82, 2.24) is 4.31 Å². The summed E-state index contributed by atoms with van der Waals surface area (Å²) in [5.74, 6) is -1.75. The quantitative estimate of drug-likeness (QED) is 0.653. The lowest BCUT2D eigenvalue weighted by Gasteiger charge is -2.31. The molecule has 3 N–H and O–H groups in total. The van der Waals surface area contributed by atoms with Crippen LogP contribution in [0.3, 0.4) is 0 Å². The molecule has 1 aliphatic heterocycles. The topological polar surface area (TPSA) is 110 Å². The van der Waals surface area contributed by atoms with Crippen molar-refractivity contribution in [1.29, 1.82) is 0 Å². The molecule has 7 nitrogen and oxygen atoms in total. The zero-order valence-corrected chi connectivity index (χ0v) is 19.2. The highest BCUT2D eigenvalue weighted by Crippen LogP contribution is 2.29. The van der Waals surface area contributed by atoms with Gasteiger partial charge in [-0.25, -0.2) is 12.7 Å². The second-order valence-corrected chi connectivity index (χ2v) is 10.3. The van der Waals surface area contributed by atoms with Crippen molar-refractivity contribution in [3.05, 3.63) is 63.1 Å². The van der Waals surface area contributed by atoms with E-state index in [0.29, 0.717) is 41.8 Å². The molecule has 0 aromatic heterocycles. The first-order valence-electron chi connectivity index (χ1n) is 9.71. The fourth-order valence-electron chi connectivity index (χ4n) is 3.63. The third-order valence-electron chi connectivity index (χ3n) is 5.39. The molecule has 0 bridgehead atoms. The summed E-state index contributed by atoms with van der Waals surface area (Å²) in [6.07, 6.45) is 1.10. The van der Waals surface area contributed by atoms with Crippen molar-refractivity contribution in [3.63, 3.8) is 0 Å². The van der Waals surface area contributed by atoms with Crippen molar-refractivity contribution in [2.24, 2.45) is 11.7 Å². The molecule has 2 aromatic carbocycles. The third-order valence-corrected chi connectivity index (χ3v) is 7.87. The van der Waals surface area contributed by atoms with Crippen LogP contribution in [0, 0.1) is 12.8 Å². The normalized spacial score (nSPS) is 17.3. The van der Waals surface area contributed by atoms with Crippen molar-refractivity contribution in [2.45, 2.75) is 25.5 Å². The molecule has 31 heavy (non-hydrogen) atoms. The Morgan fingerprint density at radius 3 is 2.45 bits per heavy atom. The summed E-state index contributed by atoms with van der Waals surface area (Å²) in [4.78, 5) is 24.4. The van der Waals surface area contributed by atoms with Gasteiger partial charge in [0.2, 0.25) is 21.8 Å². The fourth-order valence-corrected chi connectivity index (χ4v) is 5.99. The van der Waals surface area contributed by atoms with Crippen LogP contribution in [0.25, 0.3) is 0 Å². The Morgan fingerprint density at radius 1 is 1.16 bits per heavy atom. The molecule has 3 rings (SSSR count). The number of amides is 2. The number of primary amides is 1. The number of halogens is 2. The lowest BCUT2D eigenvalue weighted by molar-refractivity contribution is -0.120. The van der Waals surface area contributed by atoms with Crippen LogP contribution in [-0.2, 0) is 20.6 Å². The van der Waals surface area contributed by atoms with Crippen LogP contribution in [0.4, 0.5) is 5.69 Å². The van der Waals surface area contributed by atoms with Crippen molar-refractivity contribution in [2.75, 3.05) is 18.4 Å². The van der Waals surface area contributed by atoms with Gasteiger partial charge in [-0.3, -0.25) is 9.59 Å². The molecule has 1 unspecified atom stereocenters. The highest BCUT2D eigenvalue weighted by Gasteiger charge is 2.33. The van der Waals surface area contributed by atoms with Crippen molar-refractivity contribution < 1.29 is 18.0 Å². The van der Waals surface area contributed by atoms with Crippen LogP contribution in [-0.4, -0.2) is 37.6 Å². The average Bonchev–Trinajstić information content (AvgIpc) is 2.72. The Kier molecular flexibility index (Phi) is 7.26. The average molecular weight is 484 g/mol. The van der Waals surface area contributed by atoms with Gasteiger partial charge in [-0.2, -0.15) is 0 Å². The van der Waals surface area contributed by atoms with Crippen LogP contribution in [0.1, 0.15) is 34.3 Å². The maximum atomic E-state index is 13.0. The highest BCUT2D eigenvalue weighted by molar-refractivity contribution is 7.88. The van der Waals surface area contributed by atoms with Crippen molar-refractivity contribution in [3.8, 4) is 0 Å².